The Bertz CT molecular complexity index is 510. The Morgan fingerprint density at radius 3 is 2.44 bits per heavy atom. The van der Waals surface area contributed by atoms with Crippen LogP contribution >= 0.6 is 0 Å². The molecule has 1 aromatic carbocycles. The van der Waals surface area contributed by atoms with Gasteiger partial charge in [-0.15, -0.1) is 0 Å². The molecule has 1 fully saturated rings. The number of rotatable bonds is 9. The molecule has 1 amide bonds. The van der Waals surface area contributed by atoms with Crippen LogP contribution in [0.3, 0.4) is 0 Å². The van der Waals surface area contributed by atoms with Gasteiger partial charge in [0.1, 0.15) is 5.75 Å². The lowest BCUT2D eigenvalue weighted by molar-refractivity contribution is -0.123. The fourth-order valence-electron chi connectivity index (χ4n) is 3.25. The fourth-order valence-corrected chi connectivity index (χ4v) is 3.25. The highest BCUT2D eigenvalue weighted by Gasteiger charge is 2.19. The molecule has 0 aromatic heterocycles. The molecule has 0 saturated carbocycles. The van der Waals surface area contributed by atoms with Gasteiger partial charge in [-0.2, -0.15) is 0 Å². The van der Waals surface area contributed by atoms with Crippen LogP contribution < -0.4 is 15.0 Å². The summed E-state index contributed by atoms with van der Waals surface area (Å²) in [4.78, 5) is 16.8. The molecular weight excluding hydrogens is 314 g/mol. The van der Waals surface area contributed by atoms with Crippen LogP contribution in [0.15, 0.2) is 24.3 Å². The molecule has 0 bridgehead atoms. The maximum absolute atomic E-state index is 12.2. The molecule has 0 radical (unpaired) electrons. The Hall–Kier alpha value is -1.75. The van der Waals surface area contributed by atoms with Gasteiger partial charge in [0.2, 0.25) is 5.91 Å². The molecule has 1 heterocycles. The van der Waals surface area contributed by atoms with Gasteiger partial charge in [-0.1, -0.05) is 26.2 Å². The minimum Gasteiger partial charge on any atom is -0.497 e. The summed E-state index contributed by atoms with van der Waals surface area (Å²) in [6, 6.07) is 8.46. The molecule has 0 unspecified atom stereocenters. The van der Waals surface area contributed by atoms with Gasteiger partial charge in [0.05, 0.1) is 13.7 Å². The van der Waals surface area contributed by atoms with E-state index in [2.05, 4.69) is 41.1 Å². The maximum Gasteiger partial charge on any atom is 0.234 e. The van der Waals surface area contributed by atoms with Crippen molar-refractivity contribution >= 4 is 11.6 Å². The summed E-state index contributed by atoms with van der Waals surface area (Å²) in [6.07, 6.45) is 4.73. The minimum absolute atomic E-state index is 0.155. The molecule has 1 saturated heterocycles. The summed E-state index contributed by atoms with van der Waals surface area (Å²) in [6.45, 7) is 8.56. The third-order valence-corrected chi connectivity index (χ3v) is 4.83. The Balaban J connectivity index is 1.69. The quantitative estimate of drug-likeness (QED) is 0.698. The van der Waals surface area contributed by atoms with Crippen molar-refractivity contribution in [1.82, 2.24) is 10.2 Å². The van der Waals surface area contributed by atoms with Gasteiger partial charge in [-0.25, -0.2) is 0 Å². The Morgan fingerprint density at radius 2 is 1.84 bits per heavy atom. The van der Waals surface area contributed by atoms with Gasteiger partial charge in [0.25, 0.3) is 0 Å². The van der Waals surface area contributed by atoms with Crippen molar-refractivity contribution < 1.29 is 9.53 Å². The number of methoxy groups -OCH3 is 1. The highest BCUT2D eigenvalue weighted by Crippen LogP contribution is 2.20. The number of carbonyl (C=O) groups is 1. The Morgan fingerprint density at radius 1 is 1.16 bits per heavy atom. The number of hydrogen-bond donors (Lipinski definition) is 1. The number of nitrogens with zero attached hydrogens (tertiary/aromatic N) is 2. The van der Waals surface area contributed by atoms with Gasteiger partial charge in [-0.05, 0) is 37.6 Å². The van der Waals surface area contributed by atoms with Crippen LogP contribution in [0.2, 0.25) is 0 Å². The van der Waals surface area contributed by atoms with Crippen LogP contribution in [0.25, 0.3) is 0 Å². The monoisotopic (exact) mass is 347 g/mol. The summed E-state index contributed by atoms with van der Waals surface area (Å²) in [5.74, 6) is 1.04. The Labute approximate surface area is 152 Å². The van der Waals surface area contributed by atoms with E-state index in [9.17, 15) is 4.79 Å². The highest BCUT2D eigenvalue weighted by molar-refractivity contribution is 5.78. The van der Waals surface area contributed by atoms with Gasteiger partial charge in [-0.3, -0.25) is 9.69 Å². The van der Waals surface area contributed by atoms with Gasteiger partial charge < -0.3 is 15.0 Å². The fraction of sp³-hybridized carbons (Fsp3) is 0.650. The molecule has 1 aliphatic heterocycles. The molecule has 1 atom stereocenters. The third kappa shape index (κ3) is 6.58. The molecule has 0 spiro atoms. The predicted octanol–water partition coefficient (Wildman–Crippen LogP) is 2.90. The molecule has 140 valence electrons. The van der Waals surface area contributed by atoms with Crippen LogP contribution in [-0.4, -0.2) is 56.7 Å². The van der Waals surface area contributed by atoms with E-state index in [0.29, 0.717) is 6.54 Å². The number of benzene rings is 1. The lowest BCUT2D eigenvalue weighted by atomic mass is 10.1. The van der Waals surface area contributed by atoms with E-state index < -0.39 is 0 Å². The van der Waals surface area contributed by atoms with Crippen molar-refractivity contribution in [3.05, 3.63) is 24.3 Å². The molecular formula is C20H33N3O2. The van der Waals surface area contributed by atoms with Crippen LogP contribution in [0, 0.1) is 0 Å². The standard InChI is InChI=1S/C20H33N3O2/c1-4-5-6-7-17(2)21-20(24)16-22-12-14-23(15-13-22)18-8-10-19(25-3)11-9-18/h8-11,17H,4-7,12-16H2,1-3H3,(H,21,24)/t17-/m1/s1. The molecule has 5 heteroatoms. The van der Waals surface area contributed by atoms with Crippen molar-refractivity contribution in [3.8, 4) is 5.75 Å². The van der Waals surface area contributed by atoms with Gasteiger partial charge >= 0.3 is 0 Å². The van der Waals surface area contributed by atoms with Crippen LogP contribution in [-0.2, 0) is 4.79 Å². The number of carbonyl (C=O) groups excluding carboxylic acids is 1. The highest BCUT2D eigenvalue weighted by atomic mass is 16.5. The zero-order chi connectivity index (χ0) is 18.1. The lowest BCUT2D eigenvalue weighted by Gasteiger charge is -2.36. The second kappa shape index (κ2) is 10.3. The van der Waals surface area contributed by atoms with Gasteiger partial charge in [0, 0.05) is 37.9 Å². The summed E-state index contributed by atoms with van der Waals surface area (Å²) in [5.41, 5.74) is 1.22. The largest absolute Gasteiger partial charge is 0.497 e. The summed E-state index contributed by atoms with van der Waals surface area (Å²) < 4.78 is 5.21. The second-order valence-corrected chi connectivity index (χ2v) is 6.93. The molecule has 0 aliphatic carbocycles. The average molecular weight is 348 g/mol. The van der Waals surface area contributed by atoms with Crippen LogP contribution in [0.4, 0.5) is 5.69 Å². The molecule has 1 aliphatic rings. The average Bonchev–Trinajstić information content (AvgIpc) is 2.62. The smallest absolute Gasteiger partial charge is 0.234 e. The molecule has 1 aromatic rings. The summed E-state index contributed by atoms with van der Waals surface area (Å²) in [7, 11) is 1.68. The van der Waals surface area contributed by atoms with Crippen LogP contribution in [0.1, 0.15) is 39.5 Å². The molecule has 1 N–H and O–H groups in total. The zero-order valence-electron chi connectivity index (χ0n) is 16.0. The molecule has 5 nitrogen and oxygen atoms in total. The minimum atomic E-state index is 0.155. The number of anilines is 1. The van der Waals surface area contributed by atoms with E-state index in [1.54, 1.807) is 7.11 Å². The predicted molar refractivity (Wildman–Crippen MR) is 103 cm³/mol. The number of ether oxygens (including phenoxy) is 1. The second-order valence-electron chi connectivity index (χ2n) is 6.93. The van der Waals surface area contributed by atoms with Crippen molar-refractivity contribution in [2.45, 2.75) is 45.6 Å². The van der Waals surface area contributed by atoms with Crippen molar-refractivity contribution in [2.24, 2.45) is 0 Å². The summed E-state index contributed by atoms with van der Waals surface area (Å²) in [5, 5.41) is 3.13. The first-order valence-electron chi connectivity index (χ1n) is 9.53. The zero-order valence-corrected chi connectivity index (χ0v) is 16.0. The third-order valence-electron chi connectivity index (χ3n) is 4.83. The van der Waals surface area contributed by atoms with Crippen molar-refractivity contribution in [2.75, 3.05) is 44.7 Å². The number of amides is 1. The SMILES string of the molecule is CCCCC[C@@H](C)NC(=O)CN1CCN(c2ccc(OC)cc2)CC1. The summed E-state index contributed by atoms with van der Waals surface area (Å²) >= 11 is 0. The van der Waals surface area contributed by atoms with E-state index in [-0.39, 0.29) is 11.9 Å². The normalized spacial score (nSPS) is 16.5. The molecule has 25 heavy (non-hydrogen) atoms. The van der Waals surface area contributed by atoms with Crippen molar-refractivity contribution in [1.29, 1.82) is 0 Å². The topological polar surface area (TPSA) is 44.8 Å². The van der Waals surface area contributed by atoms with E-state index >= 15 is 0 Å². The number of nitrogens with one attached hydrogen (secondary N) is 1. The van der Waals surface area contributed by atoms with E-state index in [1.165, 1.54) is 24.9 Å². The van der Waals surface area contributed by atoms with E-state index in [1.807, 2.05) is 12.1 Å². The first-order valence-corrected chi connectivity index (χ1v) is 9.53. The van der Waals surface area contributed by atoms with Gasteiger partial charge in [0.15, 0.2) is 0 Å². The number of unbranched alkanes of at least 4 members (excludes halogenated alkanes) is 2. The first-order chi connectivity index (χ1) is 12.1. The Kier molecular flexibility index (Phi) is 8.06. The van der Waals surface area contributed by atoms with Crippen molar-refractivity contribution in [3.63, 3.8) is 0 Å². The van der Waals surface area contributed by atoms with E-state index in [4.69, 9.17) is 4.74 Å². The first kappa shape index (κ1) is 19.6. The number of hydrogen-bond acceptors (Lipinski definition) is 4. The lowest BCUT2D eigenvalue weighted by Crippen LogP contribution is -2.50. The van der Waals surface area contributed by atoms with E-state index in [0.717, 1.165) is 38.3 Å². The number of piperazine rings is 1. The maximum atomic E-state index is 12.2. The van der Waals surface area contributed by atoms with Crippen LogP contribution in [0.5, 0.6) is 5.75 Å². The molecule has 2 rings (SSSR count).